The fourth-order valence-electron chi connectivity index (χ4n) is 1.59. The van der Waals surface area contributed by atoms with Crippen LogP contribution < -0.4 is 5.73 Å². The molecule has 0 aliphatic heterocycles. The van der Waals surface area contributed by atoms with Crippen molar-refractivity contribution in [3.05, 3.63) is 58.3 Å². The highest BCUT2D eigenvalue weighted by atomic mass is 32.1. The van der Waals surface area contributed by atoms with Crippen molar-refractivity contribution in [2.75, 3.05) is 6.54 Å². The molecule has 0 aliphatic carbocycles. The first-order chi connectivity index (χ1) is 6.92. The van der Waals surface area contributed by atoms with Gasteiger partial charge in [0.25, 0.3) is 0 Å². The van der Waals surface area contributed by atoms with Gasteiger partial charge in [-0.3, -0.25) is 0 Å². The van der Waals surface area contributed by atoms with Gasteiger partial charge in [0.15, 0.2) is 0 Å². The van der Waals surface area contributed by atoms with Crippen LogP contribution in [0.25, 0.3) is 0 Å². The van der Waals surface area contributed by atoms with E-state index in [1.807, 2.05) is 6.07 Å². The van der Waals surface area contributed by atoms with Gasteiger partial charge >= 0.3 is 0 Å². The molecule has 0 fully saturated rings. The summed E-state index contributed by atoms with van der Waals surface area (Å²) in [7, 11) is 0. The zero-order valence-corrected chi connectivity index (χ0v) is 8.71. The van der Waals surface area contributed by atoms with Crippen molar-refractivity contribution in [1.82, 2.24) is 0 Å². The molecular formula is C12H13NS. The highest BCUT2D eigenvalue weighted by Gasteiger charge is 2.12. The lowest BCUT2D eigenvalue weighted by molar-refractivity contribution is 0.836. The van der Waals surface area contributed by atoms with Crippen LogP contribution in [-0.4, -0.2) is 6.54 Å². The molecule has 2 N–H and O–H groups in total. The molecule has 0 amide bonds. The predicted molar refractivity (Wildman–Crippen MR) is 61.7 cm³/mol. The Morgan fingerprint density at radius 3 is 2.43 bits per heavy atom. The molecule has 1 heterocycles. The minimum Gasteiger partial charge on any atom is -0.329 e. The van der Waals surface area contributed by atoms with Crippen LogP contribution in [0.4, 0.5) is 0 Å². The zero-order valence-electron chi connectivity index (χ0n) is 7.89. The second-order valence-corrected chi connectivity index (χ2v) is 4.19. The summed E-state index contributed by atoms with van der Waals surface area (Å²) in [5.74, 6) is 0.358. The molecule has 0 bridgehead atoms. The van der Waals surface area contributed by atoms with E-state index in [2.05, 4.69) is 41.8 Å². The first kappa shape index (κ1) is 9.44. The molecule has 2 rings (SSSR count). The van der Waals surface area contributed by atoms with Crippen molar-refractivity contribution < 1.29 is 0 Å². The van der Waals surface area contributed by atoms with Gasteiger partial charge in [-0.15, -0.1) is 11.3 Å². The Labute approximate surface area is 88.2 Å². The zero-order chi connectivity index (χ0) is 9.80. The van der Waals surface area contributed by atoms with E-state index in [1.165, 1.54) is 10.4 Å². The second-order valence-electron chi connectivity index (χ2n) is 3.21. The minimum absolute atomic E-state index is 0.358. The van der Waals surface area contributed by atoms with Gasteiger partial charge in [-0.1, -0.05) is 36.4 Å². The lowest BCUT2D eigenvalue weighted by atomic mass is 9.98. The van der Waals surface area contributed by atoms with Gasteiger partial charge in [-0.2, -0.15) is 0 Å². The maximum atomic E-state index is 5.80. The summed E-state index contributed by atoms with van der Waals surface area (Å²) >= 11 is 1.77. The van der Waals surface area contributed by atoms with Gasteiger partial charge in [0.1, 0.15) is 0 Å². The smallest absolute Gasteiger partial charge is 0.0306 e. The lowest BCUT2D eigenvalue weighted by Gasteiger charge is -2.12. The molecule has 0 saturated carbocycles. The summed E-state index contributed by atoms with van der Waals surface area (Å²) in [6.07, 6.45) is 0. The van der Waals surface area contributed by atoms with E-state index < -0.39 is 0 Å². The first-order valence-corrected chi connectivity index (χ1v) is 5.58. The molecule has 14 heavy (non-hydrogen) atoms. The Bertz CT molecular complexity index is 366. The number of hydrogen-bond donors (Lipinski definition) is 1. The third-order valence-corrected chi connectivity index (χ3v) is 3.31. The van der Waals surface area contributed by atoms with E-state index in [9.17, 15) is 0 Å². The van der Waals surface area contributed by atoms with Crippen molar-refractivity contribution in [2.24, 2.45) is 5.73 Å². The molecular weight excluding hydrogens is 190 g/mol. The molecule has 1 atom stereocenters. The van der Waals surface area contributed by atoms with E-state index in [0.29, 0.717) is 12.5 Å². The first-order valence-electron chi connectivity index (χ1n) is 4.70. The molecule has 0 radical (unpaired) electrons. The Hall–Kier alpha value is -1.12. The number of nitrogens with two attached hydrogens (primary N) is 1. The number of hydrogen-bond acceptors (Lipinski definition) is 2. The SMILES string of the molecule is NCC(c1ccccc1)c1cccs1. The van der Waals surface area contributed by atoms with Gasteiger partial charge in [-0.05, 0) is 17.0 Å². The van der Waals surface area contributed by atoms with E-state index in [4.69, 9.17) is 5.73 Å². The Kier molecular flexibility index (Phi) is 2.96. The summed E-state index contributed by atoms with van der Waals surface area (Å²) in [6, 6.07) is 14.7. The molecule has 72 valence electrons. The van der Waals surface area contributed by atoms with Crippen LogP contribution in [0.1, 0.15) is 16.4 Å². The van der Waals surface area contributed by atoms with Crippen LogP contribution >= 0.6 is 11.3 Å². The second kappa shape index (κ2) is 4.40. The van der Waals surface area contributed by atoms with E-state index in [-0.39, 0.29) is 0 Å². The van der Waals surface area contributed by atoms with E-state index >= 15 is 0 Å². The fraction of sp³-hybridized carbons (Fsp3) is 0.167. The van der Waals surface area contributed by atoms with Crippen LogP contribution in [0, 0.1) is 0 Å². The highest BCUT2D eigenvalue weighted by molar-refractivity contribution is 7.10. The maximum absolute atomic E-state index is 5.80. The van der Waals surface area contributed by atoms with Gasteiger partial charge in [0.2, 0.25) is 0 Å². The fourth-order valence-corrected chi connectivity index (χ4v) is 2.46. The number of rotatable bonds is 3. The third-order valence-electron chi connectivity index (χ3n) is 2.32. The molecule has 2 aromatic rings. The average molecular weight is 203 g/mol. The summed E-state index contributed by atoms with van der Waals surface area (Å²) in [5, 5.41) is 2.10. The van der Waals surface area contributed by atoms with Gasteiger partial charge in [-0.25, -0.2) is 0 Å². The van der Waals surface area contributed by atoms with Gasteiger partial charge in [0, 0.05) is 17.3 Å². The van der Waals surface area contributed by atoms with Gasteiger partial charge < -0.3 is 5.73 Å². The molecule has 0 spiro atoms. The molecule has 1 unspecified atom stereocenters. The van der Waals surface area contributed by atoms with Crippen LogP contribution in [0.3, 0.4) is 0 Å². The topological polar surface area (TPSA) is 26.0 Å². The van der Waals surface area contributed by atoms with Gasteiger partial charge in [0.05, 0.1) is 0 Å². The summed E-state index contributed by atoms with van der Waals surface area (Å²) in [6.45, 7) is 0.671. The average Bonchev–Trinajstić information content (AvgIpc) is 2.74. The van der Waals surface area contributed by atoms with Crippen LogP contribution in [0.2, 0.25) is 0 Å². The van der Waals surface area contributed by atoms with E-state index in [0.717, 1.165) is 0 Å². The van der Waals surface area contributed by atoms with Crippen molar-refractivity contribution in [3.63, 3.8) is 0 Å². The standard InChI is InChI=1S/C12H13NS/c13-9-11(12-7-4-8-14-12)10-5-2-1-3-6-10/h1-8,11H,9,13H2. The normalized spacial score (nSPS) is 12.6. The number of benzene rings is 1. The summed E-state index contributed by atoms with van der Waals surface area (Å²) in [5.41, 5.74) is 7.11. The lowest BCUT2D eigenvalue weighted by Crippen LogP contribution is -2.12. The number of thiophene rings is 1. The Morgan fingerprint density at radius 1 is 1.07 bits per heavy atom. The highest BCUT2D eigenvalue weighted by Crippen LogP contribution is 2.26. The third kappa shape index (κ3) is 1.86. The monoisotopic (exact) mass is 203 g/mol. The van der Waals surface area contributed by atoms with Crippen molar-refractivity contribution in [2.45, 2.75) is 5.92 Å². The van der Waals surface area contributed by atoms with Crippen molar-refractivity contribution in [1.29, 1.82) is 0 Å². The van der Waals surface area contributed by atoms with Crippen LogP contribution in [0.15, 0.2) is 47.8 Å². The van der Waals surface area contributed by atoms with Crippen LogP contribution in [0.5, 0.6) is 0 Å². The van der Waals surface area contributed by atoms with E-state index in [1.54, 1.807) is 11.3 Å². The molecule has 1 aromatic heterocycles. The largest absolute Gasteiger partial charge is 0.329 e. The summed E-state index contributed by atoms with van der Waals surface area (Å²) in [4.78, 5) is 1.35. The molecule has 1 aromatic carbocycles. The van der Waals surface area contributed by atoms with Crippen molar-refractivity contribution in [3.8, 4) is 0 Å². The Balaban J connectivity index is 2.31. The maximum Gasteiger partial charge on any atom is 0.0306 e. The minimum atomic E-state index is 0.358. The quantitative estimate of drug-likeness (QED) is 0.815. The summed E-state index contributed by atoms with van der Waals surface area (Å²) < 4.78 is 0. The Morgan fingerprint density at radius 2 is 1.86 bits per heavy atom. The van der Waals surface area contributed by atoms with Crippen LogP contribution in [-0.2, 0) is 0 Å². The molecule has 2 heteroatoms. The molecule has 1 nitrogen and oxygen atoms in total. The predicted octanol–water partition coefficient (Wildman–Crippen LogP) is 2.84. The molecule has 0 aliphatic rings. The van der Waals surface area contributed by atoms with Crippen molar-refractivity contribution >= 4 is 11.3 Å². The molecule has 0 saturated heterocycles.